The third-order valence-corrected chi connectivity index (χ3v) is 1.78. The van der Waals surface area contributed by atoms with Crippen LogP contribution in [0.3, 0.4) is 0 Å². The number of hydrogen-bond donors (Lipinski definition) is 0. The van der Waals surface area contributed by atoms with Crippen molar-refractivity contribution in [3.05, 3.63) is 29.0 Å². The maximum atomic E-state index is 5.80. The first-order valence-electron chi connectivity index (χ1n) is 2.95. The van der Waals surface area contributed by atoms with Gasteiger partial charge < -0.3 is 0 Å². The van der Waals surface area contributed by atoms with Gasteiger partial charge in [0, 0.05) is 12.4 Å². The zero-order valence-electron chi connectivity index (χ0n) is 5.51. The molecule has 0 radical (unpaired) electrons. The highest BCUT2D eigenvalue weighted by molar-refractivity contribution is 6.32. The summed E-state index contributed by atoms with van der Waals surface area (Å²) in [6.07, 6.45) is 3.27. The minimum absolute atomic E-state index is 0.0458. The summed E-state index contributed by atoms with van der Waals surface area (Å²) >= 11 is 11.6. The number of rotatable bonds is 1. The molecule has 0 bridgehead atoms. The van der Waals surface area contributed by atoms with Crippen molar-refractivity contribution in [3.63, 3.8) is 0 Å². The van der Waals surface area contributed by atoms with Gasteiger partial charge in [-0.1, -0.05) is 11.6 Å². The van der Waals surface area contributed by atoms with Gasteiger partial charge >= 0.3 is 0 Å². The molecule has 1 rings (SSSR count). The highest BCUT2D eigenvalue weighted by atomic mass is 35.5. The summed E-state index contributed by atoms with van der Waals surface area (Å²) in [6, 6.07) is 1.82. The molecular formula is C7H7Cl2N. The van der Waals surface area contributed by atoms with Gasteiger partial charge in [0.05, 0.1) is 10.4 Å². The standard InChI is InChI=1S/C7H7Cl2N/c1-5(8)6-2-3-10-4-7(6)9/h2-5H,1H3. The first kappa shape index (κ1) is 7.83. The fraction of sp³-hybridized carbons (Fsp3) is 0.286. The lowest BCUT2D eigenvalue weighted by molar-refractivity contribution is 1.07. The van der Waals surface area contributed by atoms with Gasteiger partial charge in [0.2, 0.25) is 0 Å². The average molecular weight is 176 g/mol. The van der Waals surface area contributed by atoms with E-state index >= 15 is 0 Å². The Morgan fingerprint density at radius 2 is 2.30 bits per heavy atom. The molecule has 0 aliphatic heterocycles. The molecule has 0 saturated carbocycles. The third-order valence-electron chi connectivity index (χ3n) is 1.23. The summed E-state index contributed by atoms with van der Waals surface area (Å²) < 4.78 is 0. The van der Waals surface area contributed by atoms with Crippen molar-refractivity contribution in [3.8, 4) is 0 Å². The summed E-state index contributed by atoms with van der Waals surface area (Å²) in [6.45, 7) is 1.88. The fourth-order valence-electron chi connectivity index (χ4n) is 0.709. The molecule has 0 aliphatic carbocycles. The highest BCUT2D eigenvalue weighted by Crippen LogP contribution is 2.25. The van der Waals surface area contributed by atoms with E-state index in [-0.39, 0.29) is 5.38 Å². The van der Waals surface area contributed by atoms with Gasteiger partial charge in [-0.05, 0) is 18.6 Å². The third kappa shape index (κ3) is 1.61. The zero-order valence-corrected chi connectivity index (χ0v) is 7.02. The van der Waals surface area contributed by atoms with Gasteiger partial charge in [-0.15, -0.1) is 11.6 Å². The first-order valence-corrected chi connectivity index (χ1v) is 3.76. The van der Waals surface area contributed by atoms with E-state index in [1.165, 1.54) is 0 Å². The molecule has 1 nitrogen and oxygen atoms in total. The van der Waals surface area contributed by atoms with E-state index in [2.05, 4.69) is 4.98 Å². The monoisotopic (exact) mass is 175 g/mol. The van der Waals surface area contributed by atoms with E-state index in [4.69, 9.17) is 23.2 Å². The van der Waals surface area contributed by atoms with Crippen LogP contribution in [0, 0.1) is 0 Å². The van der Waals surface area contributed by atoms with E-state index in [0.717, 1.165) is 5.56 Å². The molecule has 1 heterocycles. The van der Waals surface area contributed by atoms with Crippen molar-refractivity contribution < 1.29 is 0 Å². The maximum Gasteiger partial charge on any atom is 0.0636 e. The molecule has 0 amide bonds. The van der Waals surface area contributed by atoms with E-state index in [9.17, 15) is 0 Å². The Labute approximate surface area is 70.0 Å². The Kier molecular flexibility index (Phi) is 2.52. The summed E-state index contributed by atoms with van der Waals surface area (Å²) in [5, 5.41) is 0.584. The van der Waals surface area contributed by atoms with Crippen molar-refractivity contribution in [1.29, 1.82) is 0 Å². The summed E-state index contributed by atoms with van der Waals surface area (Å²) in [5.41, 5.74) is 0.929. The number of alkyl halides is 1. The van der Waals surface area contributed by atoms with Crippen LogP contribution in [-0.2, 0) is 0 Å². The molecule has 0 N–H and O–H groups in total. The smallest absolute Gasteiger partial charge is 0.0636 e. The molecule has 0 spiro atoms. The molecule has 1 aromatic rings. The fourth-order valence-corrected chi connectivity index (χ4v) is 1.24. The van der Waals surface area contributed by atoms with Crippen molar-refractivity contribution in [2.45, 2.75) is 12.3 Å². The van der Waals surface area contributed by atoms with Gasteiger partial charge in [-0.25, -0.2) is 0 Å². The quantitative estimate of drug-likeness (QED) is 0.599. The minimum atomic E-state index is -0.0458. The van der Waals surface area contributed by atoms with Gasteiger partial charge in [0.15, 0.2) is 0 Å². The average Bonchev–Trinajstić information content (AvgIpc) is 1.88. The lowest BCUT2D eigenvalue weighted by Gasteiger charge is -2.03. The Hall–Kier alpha value is -0.270. The van der Waals surface area contributed by atoms with Crippen molar-refractivity contribution >= 4 is 23.2 Å². The molecule has 10 heavy (non-hydrogen) atoms. The largest absolute Gasteiger partial charge is 0.263 e. The van der Waals surface area contributed by atoms with Gasteiger partial charge in [-0.3, -0.25) is 4.98 Å². The molecule has 1 unspecified atom stereocenters. The number of halogens is 2. The van der Waals surface area contributed by atoms with E-state index in [1.807, 2.05) is 13.0 Å². The summed E-state index contributed by atoms with van der Waals surface area (Å²) in [7, 11) is 0. The molecule has 0 fully saturated rings. The Morgan fingerprint density at radius 1 is 1.60 bits per heavy atom. The molecule has 0 aliphatic rings. The normalized spacial score (nSPS) is 13.1. The van der Waals surface area contributed by atoms with Crippen LogP contribution in [0.5, 0.6) is 0 Å². The zero-order chi connectivity index (χ0) is 7.56. The van der Waals surface area contributed by atoms with E-state index in [1.54, 1.807) is 12.4 Å². The number of aromatic nitrogens is 1. The minimum Gasteiger partial charge on any atom is -0.263 e. The summed E-state index contributed by atoms with van der Waals surface area (Å²) in [4.78, 5) is 3.84. The van der Waals surface area contributed by atoms with Crippen LogP contribution in [0.25, 0.3) is 0 Å². The second-order valence-corrected chi connectivity index (χ2v) is 3.08. The molecule has 3 heteroatoms. The predicted molar refractivity (Wildman–Crippen MR) is 43.5 cm³/mol. The van der Waals surface area contributed by atoms with Gasteiger partial charge in [0.25, 0.3) is 0 Å². The summed E-state index contributed by atoms with van der Waals surface area (Å²) in [5.74, 6) is 0. The molecular weight excluding hydrogens is 169 g/mol. The van der Waals surface area contributed by atoms with Crippen molar-refractivity contribution in [1.82, 2.24) is 4.98 Å². The van der Waals surface area contributed by atoms with E-state index < -0.39 is 0 Å². The Balaban J connectivity index is 3.03. The van der Waals surface area contributed by atoms with Gasteiger partial charge in [-0.2, -0.15) is 0 Å². The van der Waals surface area contributed by atoms with Gasteiger partial charge in [0.1, 0.15) is 0 Å². The first-order chi connectivity index (χ1) is 4.72. The van der Waals surface area contributed by atoms with Crippen LogP contribution >= 0.6 is 23.2 Å². The number of pyridine rings is 1. The molecule has 1 atom stereocenters. The topological polar surface area (TPSA) is 12.9 Å². The van der Waals surface area contributed by atoms with Crippen molar-refractivity contribution in [2.75, 3.05) is 0 Å². The van der Waals surface area contributed by atoms with Crippen LogP contribution in [0.1, 0.15) is 17.9 Å². The van der Waals surface area contributed by atoms with E-state index in [0.29, 0.717) is 5.02 Å². The maximum absolute atomic E-state index is 5.80. The van der Waals surface area contributed by atoms with Crippen LogP contribution in [0.2, 0.25) is 5.02 Å². The van der Waals surface area contributed by atoms with Crippen LogP contribution < -0.4 is 0 Å². The second kappa shape index (κ2) is 3.22. The molecule has 54 valence electrons. The lowest BCUT2D eigenvalue weighted by atomic mass is 10.2. The predicted octanol–water partition coefficient (Wildman–Crippen LogP) is 3.03. The van der Waals surface area contributed by atoms with Crippen molar-refractivity contribution in [2.24, 2.45) is 0 Å². The number of hydrogen-bond acceptors (Lipinski definition) is 1. The number of nitrogens with zero attached hydrogens (tertiary/aromatic N) is 1. The molecule has 1 aromatic heterocycles. The molecule has 0 aromatic carbocycles. The molecule has 0 saturated heterocycles. The van der Waals surface area contributed by atoms with Crippen LogP contribution in [0.4, 0.5) is 0 Å². The SMILES string of the molecule is CC(Cl)c1ccncc1Cl. The second-order valence-electron chi connectivity index (χ2n) is 2.01. The Bertz CT molecular complexity index is 223. The Morgan fingerprint density at radius 3 is 2.70 bits per heavy atom. The van der Waals surface area contributed by atoms with Crippen LogP contribution in [0.15, 0.2) is 18.5 Å². The highest BCUT2D eigenvalue weighted by Gasteiger charge is 2.04. The van der Waals surface area contributed by atoms with Crippen LogP contribution in [-0.4, -0.2) is 4.98 Å². The lowest BCUT2D eigenvalue weighted by Crippen LogP contribution is -1.85.